The lowest BCUT2D eigenvalue weighted by Gasteiger charge is -2.25. The van der Waals surface area contributed by atoms with Gasteiger partial charge in [-0.15, -0.1) is 0 Å². The number of benzene rings is 2. The van der Waals surface area contributed by atoms with Gasteiger partial charge < -0.3 is 10.2 Å². The van der Waals surface area contributed by atoms with Gasteiger partial charge in [0.2, 0.25) is 0 Å². The lowest BCUT2D eigenvalue weighted by molar-refractivity contribution is 0.278. The summed E-state index contributed by atoms with van der Waals surface area (Å²) in [5.74, 6) is 0. The number of rotatable bonds is 3. The van der Waals surface area contributed by atoms with Gasteiger partial charge in [-0.3, -0.25) is 4.90 Å². The summed E-state index contributed by atoms with van der Waals surface area (Å²) in [6, 6.07) is 16.6. The Labute approximate surface area is 160 Å². The van der Waals surface area contributed by atoms with Crippen LogP contribution in [0.4, 0.5) is 5.69 Å². The maximum atomic E-state index is 6.31. The Bertz CT molecular complexity index is 720. The summed E-state index contributed by atoms with van der Waals surface area (Å²) < 4.78 is 0. The maximum Gasteiger partial charge on any atom is 0.173 e. The summed E-state index contributed by atoms with van der Waals surface area (Å²) in [7, 11) is 0. The second-order valence-corrected chi connectivity index (χ2v) is 7.31. The Morgan fingerprint density at radius 3 is 2.64 bits per heavy atom. The molecule has 1 aliphatic rings. The monoisotopic (exact) mass is 373 g/mol. The number of halogens is 1. The molecular weight excluding hydrogens is 350 g/mol. The molecule has 25 heavy (non-hydrogen) atoms. The van der Waals surface area contributed by atoms with Gasteiger partial charge in [-0.05, 0) is 48.8 Å². The van der Waals surface area contributed by atoms with Crippen LogP contribution in [-0.4, -0.2) is 41.1 Å². The standard InChI is InChI=1S/C20H24ClN3S/c1-16-8-9-19(18(21)14-16)22-20(25)24-11-5-10-23(12-13-24)15-17-6-3-2-4-7-17/h2-4,6-9,14H,5,10-13,15H2,1H3,(H,22,25). The van der Waals surface area contributed by atoms with Crippen molar-refractivity contribution >= 4 is 34.6 Å². The van der Waals surface area contributed by atoms with Gasteiger partial charge in [-0.1, -0.05) is 48.0 Å². The predicted molar refractivity (Wildman–Crippen MR) is 110 cm³/mol. The molecule has 0 aromatic heterocycles. The van der Waals surface area contributed by atoms with E-state index in [-0.39, 0.29) is 0 Å². The molecule has 1 heterocycles. The van der Waals surface area contributed by atoms with Gasteiger partial charge in [0, 0.05) is 32.7 Å². The molecule has 132 valence electrons. The zero-order chi connectivity index (χ0) is 17.6. The van der Waals surface area contributed by atoms with E-state index in [4.69, 9.17) is 23.8 Å². The molecule has 3 rings (SSSR count). The summed E-state index contributed by atoms with van der Waals surface area (Å²) in [6.07, 6.45) is 1.11. The van der Waals surface area contributed by atoms with E-state index in [9.17, 15) is 0 Å². The zero-order valence-corrected chi connectivity index (χ0v) is 16.1. The molecule has 1 fully saturated rings. The third-order valence-corrected chi connectivity index (χ3v) is 5.16. The van der Waals surface area contributed by atoms with Gasteiger partial charge in [0.15, 0.2) is 5.11 Å². The minimum Gasteiger partial charge on any atom is -0.348 e. The van der Waals surface area contributed by atoms with Crippen molar-refractivity contribution in [2.75, 3.05) is 31.5 Å². The first-order valence-electron chi connectivity index (χ1n) is 8.70. The Hall–Kier alpha value is -1.62. The SMILES string of the molecule is Cc1ccc(NC(=S)N2CCCN(Cc3ccccc3)CC2)c(Cl)c1. The number of hydrogen-bond acceptors (Lipinski definition) is 2. The zero-order valence-electron chi connectivity index (χ0n) is 14.5. The van der Waals surface area contributed by atoms with E-state index in [1.165, 1.54) is 5.56 Å². The molecule has 5 heteroatoms. The molecule has 1 N–H and O–H groups in total. The van der Waals surface area contributed by atoms with Crippen LogP contribution in [0.2, 0.25) is 5.02 Å². The van der Waals surface area contributed by atoms with Crippen LogP contribution in [-0.2, 0) is 6.54 Å². The van der Waals surface area contributed by atoms with Gasteiger partial charge in [-0.25, -0.2) is 0 Å². The van der Waals surface area contributed by atoms with Crippen molar-refractivity contribution in [3.8, 4) is 0 Å². The maximum absolute atomic E-state index is 6.31. The highest BCUT2D eigenvalue weighted by molar-refractivity contribution is 7.80. The molecule has 0 saturated carbocycles. The van der Waals surface area contributed by atoms with Gasteiger partial charge in [0.05, 0.1) is 10.7 Å². The normalized spacial score (nSPS) is 15.7. The van der Waals surface area contributed by atoms with Gasteiger partial charge >= 0.3 is 0 Å². The third kappa shape index (κ3) is 5.18. The molecule has 2 aromatic carbocycles. The van der Waals surface area contributed by atoms with Crippen molar-refractivity contribution in [2.24, 2.45) is 0 Å². The first-order chi connectivity index (χ1) is 12.1. The number of nitrogens with one attached hydrogen (secondary N) is 1. The summed E-state index contributed by atoms with van der Waals surface area (Å²) in [5, 5.41) is 4.77. The van der Waals surface area contributed by atoms with Gasteiger partial charge in [-0.2, -0.15) is 0 Å². The average Bonchev–Trinajstić information content (AvgIpc) is 2.84. The van der Waals surface area contributed by atoms with Crippen molar-refractivity contribution in [3.63, 3.8) is 0 Å². The molecule has 0 radical (unpaired) electrons. The third-order valence-electron chi connectivity index (χ3n) is 4.49. The first kappa shape index (κ1) is 18.2. The molecule has 0 atom stereocenters. The summed E-state index contributed by atoms with van der Waals surface area (Å²) in [4.78, 5) is 4.74. The predicted octanol–water partition coefficient (Wildman–Crippen LogP) is 4.55. The van der Waals surface area contributed by atoms with Crippen LogP contribution < -0.4 is 5.32 Å². The summed E-state index contributed by atoms with van der Waals surface area (Å²) >= 11 is 11.9. The van der Waals surface area contributed by atoms with E-state index >= 15 is 0 Å². The van der Waals surface area contributed by atoms with Crippen molar-refractivity contribution in [1.82, 2.24) is 9.80 Å². The molecule has 0 aliphatic carbocycles. The Kier molecular flexibility index (Phi) is 6.29. The lowest BCUT2D eigenvalue weighted by Crippen LogP contribution is -2.37. The largest absolute Gasteiger partial charge is 0.348 e. The fourth-order valence-electron chi connectivity index (χ4n) is 3.09. The van der Waals surface area contributed by atoms with Crippen molar-refractivity contribution < 1.29 is 0 Å². The van der Waals surface area contributed by atoms with Crippen LogP contribution >= 0.6 is 23.8 Å². The van der Waals surface area contributed by atoms with Crippen molar-refractivity contribution in [2.45, 2.75) is 19.9 Å². The Balaban J connectivity index is 1.56. The van der Waals surface area contributed by atoms with E-state index in [1.54, 1.807) is 0 Å². The smallest absolute Gasteiger partial charge is 0.173 e. The second-order valence-electron chi connectivity index (χ2n) is 6.52. The molecule has 3 nitrogen and oxygen atoms in total. The van der Waals surface area contributed by atoms with Crippen LogP contribution in [0.3, 0.4) is 0 Å². The van der Waals surface area contributed by atoms with Crippen LogP contribution in [0.5, 0.6) is 0 Å². The number of aryl methyl sites for hydroxylation is 1. The van der Waals surface area contributed by atoms with E-state index in [0.29, 0.717) is 5.02 Å². The first-order valence-corrected chi connectivity index (χ1v) is 9.49. The molecule has 0 spiro atoms. The average molecular weight is 374 g/mol. The Morgan fingerprint density at radius 2 is 1.88 bits per heavy atom. The van der Waals surface area contributed by atoms with Crippen LogP contribution in [0, 0.1) is 6.92 Å². The fourth-order valence-corrected chi connectivity index (χ4v) is 3.66. The summed E-state index contributed by atoms with van der Waals surface area (Å²) in [5.41, 5.74) is 3.39. The highest BCUT2D eigenvalue weighted by Gasteiger charge is 2.17. The Morgan fingerprint density at radius 1 is 1.08 bits per heavy atom. The van der Waals surface area contributed by atoms with Gasteiger partial charge in [0.25, 0.3) is 0 Å². The second kappa shape index (κ2) is 8.65. The topological polar surface area (TPSA) is 18.5 Å². The molecule has 2 aromatic rings. The van der Waals surface area contributed by atoms with Gasteiger partial charge in [0.1, 0.15) is 0 Å². The van der Waals surface area contributed by atoms with E-state index in [2.05, 4.69) is 45.4 Å². The van der Waals surface area contributed by atoms with Crippen molar-refractivity contribution in [3.05, 3.63) is 64.7 Å². The molecule has 0 unspecified atom stereocenters. The molecule has 0 bridgehead atoms. The van der Waals surface area contributed by atoms with Crippen LogP contribution in [0.15, 0.2) is 48.5 Å². The highest BCUT2D eigenvalue weighted by atomic mass is 35.5. The van der Waals surface area contributed by atoms with Crippen molar-refractivity contribution in [1.29, 1.82) is 0 Å². The lowest BCUT2D eigenvalue weighted by atomic mass is 10.2. The van der Waals surface area contributed by atoms with Crippen LogP contribution in [0.1, 0.15) is 17.5 Å². The molecule has 1 aliphatic heterocycles. The minimum atomic E-state index is 0.711. The number of nitrogens with zero attached hydrogens (tertiary/aromatic N) is 2. The molecule has 1 saturated heterocycles. The molecule has 0 amide bonds. The number of hydrogen-bond donors (Lipinski definition) is 1. The number of thiocarbonyl (C=S) groups is 1. The van der Waals surface area contributed by atoms with E-state index < -0.39 is 0 Å². The van der Waals surface area contributed by atoms with Crippen LogP contribution in [0.25, 0.3) is 0 Å². The molecular formula is C20H24ClN3S. The summed E-state index contributed by atoms with van der Waals surface area (Å²) in [6.45, 7) is 7.04. The number of anilines is 1. The van der Waals surface area contributed by atoms with E-state index in [0.717, 1.165) is 55.5 Å². The quantitative estimate of drug-likeness (QED) is 0.795. The highest BCUT2D eigenvalue weighted by Crippen LogP contribution is 2.23. The van der Waals surface area contributed by atoms with E-state index in [1.807, 2.05) is 25.1 Å². The fraction of sp³-hybridized carbons (Fsp3) is 0.350. The minimum absolute atomic E-state index is 0.711.